The highest BCUT2D eigenvalue weighted by Crippen LogP contribution is 2.23. The molecule has 0 spiro atoms. The first kappa shape index (κ1) is 5.60. The molecule has 0 atom stereocenters. The highest BCUT2D eigenvalue weighted by molar-refractivity contribution is 9.10. The van der Waals surface area contributed by atoms with Gasteiger partial charge in [0, 0.05) is 9.85 Å². The van der Waals surface area contributed by atoms with E-state index in [4.69, 9.17) is 11.6 Å². The summed E-state index contributed by atoms with van der Waals surface area (Å²) >= 11 is 10.3. The Morgan fingerprint density at radius 2 is 2.43 bits per heavy atom. The molecule has 0 fully saturated rings. The van der Waals surface area contributed by atoms with Gasteiger partial charge in [-0.3, -0.25) is 0 Å². The van der Waals surface area contributed by atoms with E-state index < -0.39 is 0 Å². The van der Waals surface area contributed by atoms with Crippen LogP contribution in [0.15, 0.2) is 15.9 Å². The predicted molar refractivity (Wildman–Crippen MR) is 37.0 cm³/mol. The van der Waals surface area contributed by atoms with Crippen molar-refractivity contribution < 1.29 is 0 Å². The van der Waals surface area contributed by atoms with Crippen LogP contribution in [0.4, 0.5) is 0 Å². The van der Waals surface area contributed by atoms with Crippen molar-refractivity contribution in [1.29, 1.82) is 0 Å². The fourth-order valence-corrected chi connectivity index (χ4v) is 1.82. The van der Waals surface area contributed by atoms with Gasteiger partial charge in [-0.15, -0.1) is 11.3 Å². The van der Waals surface area contributed by atoms with Crippen molar-refractivity contribution in [3.05, 3.63) is 20.3 Å². The van der Waals surface area contributed by atoms with E-state index in [-0.39, 0.29) is 0 Å². The Bertz CT molecular complexity index is 144. The van der Waals surface area contributed by atoms with Gasteiger partial charge in [0.15, 0.2) is 0 Å². The Hall–Kier alpha value is 0.470. The summed E-state index contributed by atoms with van der Waals surface area (Å²) in [5.41, 5.74) is 0. The van der Waals surface area contributed by atoms with Crippen molar-refractivity contribution in [2.75, 3.05) is 0 Å². The molecule has 0 nitrogen and oxygen atoms in total. The molecule has 0 aliphatic carbocycles. The van der Waals surface area contributed by atoms with E-state index in [0.29, 0.717) is 0 Å². The monoisotopic (exact) mass is 196 g/mol. The average Bonchev–Trinajstić information content (AvgIpc) is 1.87. The van der Waals surface area contributed by atoms with E-state index in [1.807, 2.05) is 11.4 Å². The summed E-state index contributed by atoms with van der Waals surface area (Å²) in [6.45, 7) is 0. The summed E-state index contributed by atoms with van der Waals surface area (Å²) in [5.74, 6) is 0. The first-order chi connectivity index (χ1) is 3.29. The molecule has 7 heavy (non-hydrogen) atoms. The lowest BCUT2D eigenvalue weighted by molar-refractivity contribution is 1.90. The third kappa shape index (κ3) is 1.44. The van der Waals surface area contributed by atoms with E-state index in [0.717, 1.165) is 8.81 Å². The topological polar surface area (TPSA) is 0 Å². The number of halogens is 2. The second kappa shape index (κ2) is 2.16. The Balaban J connectivity index is 3.04. The Morgan fingerprint density at radius 1 is 1.71 bits per heavy atom. The van der Waals surface area contributed by atoms with Crippen LogP contribution in [0.3, 0.4) is 0 Å². The molecule has 1 aromatic rings. The second-order valence-corrected chi connectivity index (χ2v) is 3.53. The Labute approximate surface area is 59.2 Å². The lowest BCUT2D eigenvalue weighted by atomic mass is 10.7. The summed E-state index contributed by atoms with van der Waals surface area (Å²) in [4.78, 5) is 0. The lowest BCUT2D eigenvalue weighted by Gasteiger charge is -1.66. The van der Waals surface area contributed by atoms with Crippen LogP contribution in [0.25, 0.3) is 0 Å². The molecule has 0 aliphatic rings. The van der Waals surface area contributed by atoms with Gasteiger partial charge in [-0.1, -0.05) is 11.6 Å². The van der Waals surface area contributed by atoms with Crippen molar-refractivity contribution in [2.45, 2.75) is 0 Å². The van der Waals surface area contributed by atoms with Crippen LogP contribution >= 0.6 is 38.9 Å². The molecule has 0 unspecified atom stereocenters. The summed E-state index contributed by atoms with van der Waals surface area (Å²) < 4.78 is 1.88. The molecule has 1 rings (SSSR count). The SMILES string of the molecule is Clc1cc(Br)cs1. The smallest absolute Gasteiger partial charge is 0.0939 e. The van der Waals surface area contributed by atoms with Crippen LogP contribution in [0.1, 0.15) is 0 Å². The van der Waals surface area contributed by atoms with Gasteiger partial charge in [-0.05, 0) is 22.0 Å². The van der Waals surface area contributed by atoms with Gasteiger partial charge in [0.05, 0.1) is 4.34 Å². The van der Waals surface area contributed by atoms with E-state index in [1.165, 1.54) is 11.3 Å². The Morgan fingerprint density at radius 3 is 2.57 bits per heavy atom. The van der Waals surface area contributed by atoms with Crippen molar-refractivity contribution in [2.24, 2.45) is 0 Å². The maximum Gasteiger partial charge on any atom is 0.0939 e. The zero-order chi connectivity index (χ0) is 5.28. The third-order valence-electron chi connectivity index (χ3n) is 0.535. The summed E-state index contributed by atoms with van der Waals surface area (Å²) in [6, 6.07) is 1.87. The molecule has 1 heterocycles. The summed E-state index contributed by atoms with van der Waals surface area (Å²) in [7, 11) is 0. The van der Waals surface area contributed by atoms with Crippen molar-refractivity contribution >= 4 is 38.9 Å². The minimum atomic E-state index is 0.826. The van der Waals surface area contributed by atoms with E-state index >= 15 is 0 Å². The molecule has 0 aliphatic heterocycles. The zero-order valence-corrected chi connectivity index (χ0v) is 6.48. The van der Waals surface area contributed by atoms with Crippen LogP contribution in [-0.4, -0.2) is 0 Å². The molecule has 0 bridgehead atoms. The Kier molecular flexibility index (Phi) is 1.73. The largest absolute Gasteiger partial charge is 0.131 e. The van der Waals surface area contributed by atoms with Gasteiger partial charge < -0.3 is 0 Å². The van der Waals surface area contributed by atoms with E-state index in [1.54, 1.807) is 0 Å². The number of hydrogen-bond donors (Lipinski definition) is 0. The predicted octanol–water partition coefficient (Wildman–Crippen LogP) is 3.16. The fourth-order valence-electron chi connectivity index (χ4n) is 0.289. The van der Waals surface area contributed by atoms with Crippen molar-refractivity contribution in [3.63, 3.8) is 0 Å². The number of thiophene rings is 1. The minimum Gasteiger partial charge on any atom is -0.131 e. The van der Waals surface area contributed by atoms with E-state index in [2.05, 4.69) is 15.9 Å². The molecular formula is C4H2BrClS. The van der Waals surface area contributed by atoms with Gasteiger partial charge in [0.1, 0.15) is 0 Å². The van der Waals surface area contributed by atoms with Crippen LogP contribution in [-0.2, 0) is 0 Å². The molecule has 0 amide bonds. The highest BCUT2D eigenvalue weighted by Gasteiger charge is 1.88. The standard InChI is InChI=1S/C4H2BrClS/c5-3-1-4(6)7-2-3/h1-2H. The second-order valence-electron chi connectivity index (χ2n) is 1.07. The summed E-state index contributed by atoms with van der Waals surface area (Å²) in [5, 5.41) is 1.95. The van der Waals surface area contributed by atoms with Gasteiger partial charge >= 0.3 is 0 Å². The van der Waals surface area contributed by atoms with Crippen LogP contribution < -0.4 is 0 Å². The van der Waals surface area contributed by atoms with E-state index in [9.17, 15) is 0 Å². The molecule has 3 heteroatoms. The zero-order valence-electron chi connectivity index (χ0n) is 3.32. The molecule has 0 saturated carbocycles. The maximum atomic E-state index is 5.55. The highest BCUT2D eigenvalue weighted by atomic mass is 79.9. The molecule has 0 radical (unpaired) electrons. The molecule has 1 aromatic heterocycles. The van der Waals surface area contributed by atoms with Crippen molar-refractivity contribution in [3.8, 4) is 0 Å². The third-order valence-corrected chi connectivity index (χ3v) is 2.39. The first-order valence-electron chi connectivity index (χ1n) is 1.68. The van der Waals surface area contributed by atoms with Crippen molar-refractivity contribution in [1.82, 2.24) is 0 Å². The maximum absolute atomic E-state index is 5.55. The normalized spacial score (nSPS) is 9.43. The first-order valence-corrected chi connectivity index (χ1v) is 3.73. The molecule has 38 valence electrons. The molecular weight excluding hydrogens is 195 g/mol. The molecule has 0 saturated heterocycles. The molecule has 0 N–H and O–H groups in total. The lowest BCUT2D eigenvalue weighted by Crippen LogP contribution is -1.38. The number of rotatable bonds is 0. The van der Waals surface area contributed by atoms with Crippen LogP contribution in [0.5, 0.6) is 0 Å². The average molecular weight is 197 g/mol. The quantitative estimate of drug-likeness (QED) is 0.599. The minimum absolute atomic E-state index is 0.826. The summed E-state index contributed by atoms with van der Waals surface area (Å²) in [6.07, 6.45) is 0. The van der Waals surface area contributed by atoms with Crippen LogP contribution in [0, 0.1) is 0 Å². The van der Waals surface area contributed by atoms with Gasteiger partial charge in [-0.2, -0.15) is 0 Å². The van der Waals surface area contributed by atoms with Gasteiger partial charge in [0.25, 0.3) is 0 Å². The van der Waals surface area contributed by atoms with Crippen LogP contribution in [0.2, 0.25) is 4.34 Å². The van der Waals surface area contributed by atoms with Gasteiger partial charge in [-0.25, -0.2) is 0 Å². The molecule has 0 aromatic carbocycles. The van der Waals surface area contributed by atoms with Gasteiger partial charge in [0.2, 0.25) is 0 Å². The fraction of sp³-hybridized carbons (Fsp3) is 0. The number of hydrogen-bond acceptors (Lipinski definition) is 1.